The monoisotopic (exact) mass is 285 g/mol. The quantitative estimate of drug-likeness (QED) is 0.939. The van der Waals surface area contributed by atoms with E-state index in [0.29, 0.717) is 0 Å². The van der Waals surface area contributed by atoms with Crippen molar-refractivity contribution in [2.45, 2.75) is 32.4 Å². The molecule has 1 unspecified atom stereocenters. The smallest absolute Gasteiger partial charge is 0.221 e. The lowest BCUT2D eigenvalue weighted by molar-refractivity contribution is -0.114. The fourth-order valence-corrected chi connectivity index (χ4v) is 2.66. The van der Waals surface area contributed by atoms with Crippen LogP contribution in [0.1, 0.15) is 19.8 Å². The number of anilines is 1. The van der Waals surface area contributed by atoms with E-state index in [-0.39, 0.29) is 12.0 Å². The van der Waals surface area contributed by atoms with Crippen molar-refractivity contribution in [3.8, 4) is 11.4 Å². The first-order chi connectivity index (χ1) is 10.2. The first kappa shape index (κ1) is 13.8. The van der Waals surface area contributed by atoms with Crippen LogP contribution in [0.3, 0.4) is 0 Å². The molecule has 5 nitrogen and oxygen atoms in total. The van der Waals surface area contributed by atoms with Crippen LogP contribution in [0.25, 0.3) is 11.4 Å². The number of benzene rings is 1. The van der Waals surface area contributed by atoms with Crippen LogP contribution in [0.2, 0.25) is 0 Å². The Morgan fingerprint density at radius 3 is 3.19 bits per heavy atom. The van der Waals surface area contributed by atoms with Gasteiger partial charge in [0.25, 0.3) is 0 Å². The molecule has 2 aromatic rings. The van der Waals surface area contributed by atoms with Gasteiger partial charge < -0.3 is 14.6 Å². The molecule has 2 heterocycles. The zero-order chi connectivity index (χ0) is 14.7. The van der Waals surface area contributed by atoms with Gasteiger partial charge in [0, 0.05) is 37.2 Å². The van der Waals surface area contributed by atoms with E-state index >= 15 is 0 Å². The highest BCUT2D eigenvalue weighted by Gasteiger charge is 2.17. The topological polar surface area (TPSA) is 56.2 Å². The van der Waals surface area contributed by atoms with E-state index in [0.717, 1.165) is 43.1 Å². The number of hydrogen-bond acceptors (Lipinski definition) is 3. The molecule has 5 heteroatoms. The van der Waals surface area contributed by atoms with Crippen molar-refractivity contribution >= 4 is 11.6 Å². The summed E-state index contributed by atoms with van der Waals surface area (Å²) >= 11 is 0. The van der Waals surface area contributed by atoms with Crippen LogP contribution in [0.4, 0.5) is 5.69 Å². The second-order valence-corrected chi connectivity index (χ2v) is 5.30. The van der Waals surface area contributed by atoms with Gasteiger partial charge in [-0.15, -0.1) is 0 Å². The van der Waals surface area contributed by atoms with E-state index < -0.39 is 0 Å². The van der Waals surface area contributed by atoms with Crippen LogP contribution in [-0.4, -0.2) is 28.2 Å². The molecule has 0 aliphatic carbocycles. The highest BCUT2D eigenvalue weighted by atomic mass is 16.5. The lowest BCUT2D eigenvalue weighted by Crippen LogP contribution is -2.15. The van der Waals surface area contributed by atoms with Crippen LogP contribution in [0.15, 0.2) is 36.7 Å². The van der Waals surface area contributed by atoms with Crippen molar-refractivity contribution in [2.24, 2.45) is 0 Å². The van der Waals surface area contributed by atoms with Crippen molar-refractivity contribution in [3.05, 3.63) is 36.7 Å². The number of carbonyl (C=O) groups excluding carboxylic acids is 1. The third-order valence-electron chi connectivity index (χ3n) is 3.58. The second kappa shape index (κ2) is 6.10. The summed E-state index contributed by atoms with van der Waals surface area (Å²) in [5, 5.41) is 2.80. The lowest BCUT2D eigenvalue weighted by atomic mass is 10.1. The molecule has 1 amide bonds. The molecular weight excluding hydrogens is 266 g/mol. The first-order valence-electron chi connectivity index (χ1n) is 7.23. The van der Waals surface area contributed by atoms with Gasteiger partial charge in [0.1, 0.15) is 5.82 Å². The van der Waals surface area contributed by atoms with Crippen molar-refractivity contribution < 1.29 is 9.53 Å². The Hall–Kier alpha value is -2.14. The van der Waals surface area contributed by atoms with Crippen LogP contribution in [-0.2, 0) is 16.1 Å². The second-order valence-electron chi connectivity index (χ2n) is 5.30. The lowest BCUT2D eigenvalue weighted by Gasteiger charge is -2.13. The molecular formula is C16H19N3O2. The maximum atomic E-state index is 11.2. The van der Waals surface area contributed by atoms with E-state index in [2.05, 4.69) is 14.9 Å². The van der Waals surface area contributed by atoms with Crippen LogP contribution in [0.5, 0.6) is 0 Å². The molecule has 1 aliphatic rings. The molecule has 1 saturated heterocycles. The molecule has 0 saturated carbocycles. The van der Waals surface area contributed by atoms with Crippen LogP contribution in [0, 0.1) is 0 Å². The van der Waals surface area contributed by atoms with E-state index in [1.54, 1.807) is 6.20 Å². The molecule has 1 atom stereocenters. The zero-order valence-electron chi connectivity index (χ0n) is 12.1. The first-order valence-corrected chi connectivity index (χ1v) is 7.23. The fraction of sp³-hybridized carbons (Fsp3) is 0.375. The summed E-state index contributed by atoms with van der Waals surface area (Å²) in [7, 11) is 0. The minimum atomic E-state index is -0.0742. The van der Waals surface area contributed by atoms with Gasteiger partial charge >= 0.3 is 0 Å². The van der Waals surface area contributed by atoms with Crippen molar-refractivity contribution in [3.63, 3.8) is 0 Å². The summed E-state index contributed by atoms with van der Waals surface area (Å²) in [6, 6.07) is 7.74. The Morgan fingerprint density at radius 2 is 2.43 bits per heavy atom. The summed E-state index contributed by atoms with van der Waals surface area (Å²) in [6.45, 7) is 3.18. The Morgan fingerprint density at radius 1 is 1.52 bits per heavy atom. The number of aromatic nitrogens is 2. The molecule has 110 valence electrons. The Kier molecular flexibility index (Phi) is 4.01. The van der Waals surface area contributed by atoms with E-state index in [1.807, 2.05) is 30.5 Å². The van der Waals surface area contributed by atoms with Crippen LogP contribution >= 0.6 is 0 Å². The minimum Gasteiger partial charge on any atom is -0.376 e. The van der Waals surface area contributed by atoms with E-state index in [1.165, 1.54) is 6.92 Å². The Balaban J connectivity index is 1.83. The summed E-state index contributed by atoms with van der Waals surface area (Å²) in [4.78, 5) is 15.6. The third kappa shape index (κ3) is 3.31. The average Bonchev–Trinajstić information content (AvgIpc) is 3.10. The minimum absolute atomic E-state index is 0.0742. The molecule has 0 spiro atoms. The average molecular weight is 285 g/mol. The molecule has 1 aliphatic heterocycles. The van der Waals surface area contributed by atoms with Crippen molar-refractivity contribution in [1.29, 1.82) is 0 Å². The molecule has 21 heavy (non-hydrogen) atoms. The largest absolute Gasteiger partial charge is 0.376 e. The number of hydrogen-bond donors (Lipinski definition) is 1. The molecule has 0 bridgehead atoms. The van der Waals surface area contributed by atoms with E-state index in [9.17, 15) is 4.79 Å². The normalized spacial score (nSPS) is 17.9. The van der Waals surface area contributed by atoms with Crippen LogP contribution < -0.4 is 5.32 Å². The SMILES string of the molecule is CC(=O)Nc1cccc(-c2nccn2CC2CCCO2)c1. The number of nitrogens with one attached hydrogen (secondary N) is 1. The maximum absolute atomic E-state index is 11.2. The zero-order valence-corrected chi connectivity index (χ0v) is 12.1. The fourth-order valence-electron chi connectivity index (χ4n) is 2.66. The number of carbonyl (C=O) groups is 1. The standard InChI is InChI=1S/C16H19N3O2/c1-12(20)18-14-5-2-4-13(10-14)16-17-7-8-19(16)11-15-6-3-9-21-15/h2,4-5,7-8,10,15H,3,6,9,11H2,1H3,(H,18,20). The third-order valence-corrected chi connectivity index (χ3v) is 3.58. The molecule has 0 radical (unpaired) electrons. The van der Waals surface area contributed by atoms with Crippen molar-refractivity contribution in [1.82, 2.24) is 9.55 Å². The number of ether oxygens (including phenoxy) is 1. The van der Waals surface area contributed by atoms with Gasteiger partial charge in [0.15, 0.2) is 0 Å². The highest BCUT2D eigenvalue weighted by Crippen LogP contribution is 2.23. The van der Waals surface area contributed by atoms with E-state index in [4.69, 9.17) is 4.74 Å². The maximum Gasteiger partial charge on any atom is 0.221 e. The van der Waals surface area contributed by atoms with Crippen molar-refractivity contribution in [2.75, 3.05) is 11.9 Å². The molecule has 1 fully saturated rings. The highest BCUT2D eigenvalue weighted by molar-refractivity contribution is 5.89. The Labute approximate surface area is 124 Å². The number of amides is 1. The van der Waals surface area contributed by atoms with Gasteiger partial charge in [0.2, 0.25) is 5.91 Å². The number of rotatable bonds is 4. The predicted molar refractivity (Wildman–Crippen MR) is 80.9 cm³/mol. The summed E-state index contributed by atoms with van der Waals surface area (Å²) in [5.74, 6) is 0.826. The number of nitrogens with zero attached hydrogens (tertiary/aromatic N) is 2. The summed E-state index contributed by atoms with van der Waals surface area (Å²) < 4.78 is 7.80. The van der Waals surface area contributed by atoms with Gasteiger partial charge in [0.05, 0.1) is 12.6 Å². The number of imidazole rings is 1. The van der Waals surface area contributed by atoms with Gasteiger partial charge in [-0.3, -0.25) is 4.79 Å². The van der Waals surface area contributed by atoms with Gasteiger partial charge in [-0.2, -0.15) is 0 Å². The summed E-state index contributed by atoms with van der Waals surface area (Å²) in [6.07, 6.45) is 6.28. The Bertz CT molecular complexity index is 630. The molecule has 1 aromatic heterocycles. The predicted octanol–water partition coefficient (Wildman–Crippen LogP) is 2.69. The van der Waals surface area contributed by atoms with Gasteiger partial charge in [-0.05, 0) is 25.0 Å². The van der Waals surface area contributed by atoms with Gasteiger partial charge in [-0.25, -0.2) is 4.98 Å². The van der Waals surface area contributed by atoms with Gasteiger partial charge in [-0.1, -0.05) is 12.1 Å². The molecule has 1 aromatic carbocycles. The molecule has 1 N–H and O–H groups in total. The summed E-state index contributed by atoms with van der Waals surface area (Å²) in [5.41, 5.74) is 1.77. The molecule has 3 rings (SSSR count).